The van der Waals surface area contributed by atoms with Crippen LogP contribution in [-0.2, 0) is 9.47 Å². The van der Waals surface area contributed by atoms with Gasteiger partial charge in [0.15, 0.2) is 5.96 Å². The van der Waals surface area contributed by atoms with Gasteiger partial charge in [-0.15, -0.1) is 0 Å². The maximum atomic E-state index is 5.75. The lowest BCUT2D eigenvalue weighted by Gasteiger charge is -2.24. The van der Waals surface area contributed by atoms with Crippen LogP contribution in [0, 0.1) is 5.92 Å². The van der Waals surface area contributed by atoms with Crippen molar-refractivity contribution in [1.29, 1.82) is 0 Å². The maximum Gasteiger partial charge on any atom is 0.191 e. The van der Waals surface area contributed by atoms with E-state index < -0.39 is 0 Å². The second kappa shape index (κ2) is 10.3. The van der Waals surface area contributed by atoms with Gasteiger partial charge in [-0.25, -0.2) is 0 Å². The fraction of sp³-hybridized carbons (Fsp3) is 0.947. The fourth-order valence-corrected chi connectivity index (χ4v) is 4.24. The molecule has 3 fully saturated rings. The number of nitrogens with one attached hydrogen (secondary N) is 2. The first-order chi connectivity index (χ1) is 12.3. The van der Waals surface area contributed by atoms with E-state index in [1.54, 1.807) is 0 Å². The molecule has 0 aromatic heterocycles. The Morgan fingerprint density at radius 2 is 2.12 bits per heavy atom. The molecule has 2 atom stereocenters. The zero-order valence-electron chi connectivity index (χ0n) is 15.8. The highest BCUT2D eigenvalue weighted by atomic mass is 16.5. The highest BCUT2D eigenvalue weighted by Crippen LogP contribution is 2.26. The molecule has 0 amide bonds. The molecule has 0 radical (unpaired) electrons. The van der Waals surface area contributed by atoms with Gasteiger partial charge in [0.05, 0.1) is 13.2 Å². The first kappa shape index (κ1) is 18.9. The summed E-state index contributed by atoms with van der Waals surface area (Å²) in [6.07, 6.45) is 9.00. The molecule has 6 nitrogen and oxygen atoms in total. The van der Waals surface area contributed by atoms with Gasteiger partial charge < -0.3 is 20.1 Å². The van der Waals surface area contributed by atoms with Crippen molar-refractivity contribution in [2.75, 3.05) is 53.1 Å². The van der Waals surface area contributed by atoms with E-state index in [0.717, 1.165) is 64.4 Å². The topological polar surface area (TPSA) is 58.1 Å². The average molecular weight is 353 g/mol. The van der Waals surface area contributed by atoms with Gasteiger partial charge in [-0.1, -0.05) is 12.8 Å². The third-order valence-corrected chi connectivity index (χ3v) is 5.76. The Morgan fingerprint density at radius 3 is 2.88 bits per heavy atom. The van der Waals surface area contributed by atoms with Crippen molar-refractivity contribution >= 4 is 5.96 Å². The molecule has 0 aromatic carbocycles. The minimum atomic E-state index is 0.533. The summed E-state index contributed by atoms with van der Waals surface area (Å²) in [6.45, 7) is 6.71. The molecule has 0 aromatic rings. The Kier molecular flexibility index (Phi) is 7.82. The SMILES string of the molecule is CN=C(NCCCOCC1CCOC1)NC1CCN(C2CCCC2)C1. The third-order valence-electron chi connectivity index (χ3n) is 5.76. The number of hydrogen-bond donors (Lipinski definition) is 2. The van der Waals surface area contributed by atoms with E-state index in [1.807, 2.05) is 7.05 Å². The van der Waals surface area contributed by atoms with Gasteiger partial charge in [0.1, 0.15) is 0 Å². The molecule has 3 rings (SSSR count). The summed E-state index contributed by atoms with van der Waals surface area (Å²) in [5.74, 6) is 1.54. The van der Waals surface area contributed by atoms with Crippen molar-refractivity contribution < 1.29 is 9.47 Å². The molecule has 1 saturated carbocycles. The monoisotopic (exact) mass is 352 g/mol. The number of aliphatic imine (C=N–C) groups is 1. The molecule has 2 aliphatic heterocycles. The van der Waals surface area contributed by atoms with Crippen LogP contribution in [0.3, 0.4) is 0 Å². The molecule has 2 N–H and O–H groups in total. The van der Waals surface area contributed by atoms with Gasteiger partial charge in [-0.2, -0.15) is 0 Å². The summed E-state index contributed by atoms with van der Waals surface area (Å²) in [6, 6.07) is 1.37. The lowest BCUT2D eigenvalue weighted by Crippen LogP contribution is -2.45. The van der Waals surface area contributed by atoms with Crippen LogP contribution in [0.1, 0.15) is 44.9 Å². The Morgan fingerprint density at radius 1 is 1.24 bits per heavy atom. The Balaban J connectivity index is 1.24. The molecule has 0 bridgehead atoms. The summed E-state index contributed by atoms with van der Waals surface area (Å²) >= 11 is 0. The Labute approximate surface area is 152 Å². The predicted molar refractivity (Wildman–Crippen MR) is 101 cm³/mol. The third kappa shape index (κ3) is 6.12. The molecule has 25 heavy (non-hydrogen) atoms. The Bertz CT molecular complexity index is 406. The van der Waals surface area contributed by atoms with Gasteiger partial charge in [-0.3, -0.25) is 9.89 Å². The summed E-state index contributed by atoms with van der Waals surface area (Å²) < 4.78 is 11.1. The summed E-state index contributed by atoms with van der Waals surface area (Å²) in [5, 5.41) is 7.02. The van der Waals surface area contributed by atoms with Gasteiger partial charge >= 0.3 is 0 Å². The molecule has 2 unspecified atom stereocenters. The second-order valence-electron chi connectivity index (χ2n) is 7.72. The molecule has 0 spiro atoms. The minimum absolute atomic E-state index is 0.533. The predicted octanol–water partition coefficient (Wildman–Crippen LogP) is 1.61. The fourth-order valence-electron chi connectivity index (χ4n) is 4.24. The van der Waals surface area contributed by atoms with E-state index in [0.29, 0.717) is 12.0 Å². The van der Waals surface area contributed by atoms with E-state index in [-0.39, 0.29) is 0 Å². The first-order valence-electron chi connectivity index (χ1n) is 10.2. The maximum absolute atomic E-state index is 5.75. The average Bonchev–Trinajstić information content (AvgIpc) is 3.39. The molecular weight excluding hydrogens is 316 g/mol. The van der Waals surface area contributed by atoms with Crippen LogP contribution in [-0.4, -0.2) is 76.1 Å². The first-order valence-corrected chi connectivity index (χ1v) is 10.2. The molecule has 6 heteroatoms. The normalized spacial score (nSPS) is 28.8. The molecule has 1 aliphatic carbocycles. The highest BCUT2D eigenvalue weighted by molar-refractivity contribution is 5.79. The largest absolute Gasteiger partial charge is 0.381 e. The van der Waals surface area contributed by atoms with Crippen LogP contribution >= 0.6 is 0 Å². The Hall–Kier alpha value is -0.850. The van der Waals surface area contributed by atoms with Crippen molar-refractivity contribution in [1.82, 2.24) is 15.5 Å². The number of ether oxygens (including phenoxy) is 2. The zero-order chi connectivity index (χ0) is 17.3. The van der Waals surface area contributed by atoms with Crippen LogP contribution in [0.15, 0.2) is 4.99 Å². The molecule has 144 valence electrons. The van der Waals surface area contributed by atoms with Gasteiger partial charge in [0.25, 0.3) is 0 Å². The van der Waals surface area contributed by atoms with E-state index in [9.17, 15) is 0 Å². The van der Waals surface area contributed by atoms with Gasteiger partial charge in [0, 0.05) is 57.9 Å². The minimum Gasteiger partial charge on any atom is -0.381 e. The summed E-state index contributed by atoms with van der Waals surface area (Å²) in [7, 11) is 1.86. The molecule has 3 aliphatic rings. The smallest absolute Gasteiger partial charge is 0.191 e. The summed E-state index contributed by atoms with van der Waals surface area (Å²) in [5.41, 5.74) is 0. The van der Waals surface area contributed by atoms with Gasteiger partial charge in [-0.05, 0) is 32.1 Å². The van der Waals surface area contributed by atoms with Crippen molar-refractivity contribution in [2.45, 2.75) is 57.0 Å². The molecule has 2 heterocycles. The van der Waals surface area contributed by atoms with Crippen LogP contribution in [0.4, 0.5) is 0 Å². The molecular formula is C19H36N4O2. The second-order valence-corrected chi connectivity index (χ2v) is 7.72. The summed E-state index contributed by atoms with van der Waals surface area (Å²) in [4.78, 5) is 7.05. The standard InChI is InChI=1S/C19H36N4O2/c1-20-19(21-9-4-11-24-14-16-8-12-25-15-16)22-17-7-10-23(13-17)18-5-2-3-6-18/h16-18H,2-15H2,1H3,(H2,20,21,22). The molecule has 2 saturated heterocycles. The number of likely N-dealkylation sites (tertiary alicyclic amines) is 1. The van der Waals surface area contributed by atoms with Crippen LogP contribution in [0.2, 0.25) is 0 Å². The van der Waals surface area contributed by atoms with Crippen molar-refractivity contribution in [3.05, 3.63) is 0 Å². The quantitative estimate of drug-likeness (QED) is 0.395. The van der Waals surface area contributed by atoms with Gasteiger partial charge in [0.2, 0.25) is 0 Å². The van der Waals surface area contributed by atoms with Crippen molar-refractivity contribution in [3.63, 3.8) is 0 Å². The number of guanidine groups is 1. The lowest BCUT2D eigenvalue weighted by atomic mass is 10.1. The van der Waals surface area contributed by atoms with Crippen LogP contribution < -0.4 is 10.6 Å². The van der Waals surface area contributed by atoms with Crippen molar-refractivity contribution in [3.8, 4) is 0 Å². The highest BCUT2D eigenvalue weighted by Gasteiger charge is 2.30. The number of hydrogen-bond acceptors (Lipinski definition) is 4. The number of nitrogens with zero attached hydrogens (tertiary/aromatic N) is 2. The van der Waals surface area contributed by atoms with E-state index >= 15 is 0 Å². The zero-order valence-corrected chi connectivity index (χ0v) is 15.8. The lowest BCUT2D eigenvalue weighted by molar-refractivity contribution is 0.0888. The van der Waals surface area contributed by atoms with Crippen molar-refractivity contribution in [2.24, 2.45) is 10.9 Å². The van der Waals surface area contributed by atoms with Crippen LogP contribution in [0.25, 0.3) is 0 Å². The van der Waals surface area contributed by atoms with Crippen LogP contribution in [0.5, 0.6) is 0 Å². The number of rotatable bonds is 8. The van der Waals surface area contributed by atoms with E-state index in [2.05, 4.69) is 20.5 Å². The van der Waals surface area contributed by atoms with E-state index in [1.165, 1.54) is 38.6 Å². The van der Waals surface area contributed by atoms with E-state index in [4.69, 9.17) is 9.47 Å².